The monoisotopic (exact) mass is 537 g/mol. The molecule has 3 aromatic carbocycles. The summed E-state index contributed by atoms with van der Waals surface area (Å²) >= 11 is 0. The number of amides is 2. The van der Waals surface area contributed by atoms with Crippen LogP contribution >= 0.6 is 0 Å². The van der Waals surface area contributed by atoms with E-state index in [0.29, 0.717) is 36.9 Å². The molecule has 40 heavy (non-hydrogen) atoms. The molecule has 2 aliphatic rings. The Bertz CT molecular complexity index is 1410. The minimum Gasteiger partial charge on any atom is -0.508 e. The molecule has 0 bridgehead atoms. The van der Waals surface area contributed by atoms with Crippen molar-refractivity contribution in [1.82, 2.24) is 0 Å². The zero-order valence-electron chi connectivity index (χ0n) is 22.6. The predicted molar refractivity (Wildman–Crippen MR) is 156 cm³/mol. The minimum absolute atomic E-state index is 0.198. The number of para-hydroxylation sites is 1. The normalized spacial score (nSPS) is 22.0. The van der Waals surface area contributed by atoms with Gasteiger partial charge in [0, 0.05) is 5.92 Å². The van der Waals surface area contributed by atoms with Gasteiger partial charge in [0.05, 0.1) is 30.2 Å². The van der Waals surface area contributed by atoms with E-state index in [9.17, 15) is 24.9 Å². The van der Waals surface area contributed by atoms with E-state index in [0.717, 1.165) is 22.3 Å². The van der Waals surface area contributed by atoms with E-state index in [1.165, 1.54) is 4.90 Å². The third-order valence-electron chi connectivity index (χ3n) is 8.25. The number of phenols is 1. The highest BCUT2D eigenvalue weighted by Crippen LogP contribution is 2.48. The van der Waals surface area contributed by atoms with Gasteiger partial charge in [-0.15, -0.1) is 0 Å². The number of imide groups is 1. The van der Waals surface area contributed by atoms with E-state index in [4.69, 9.17) is 0 Å². The Kier molecular flexibility index (Phi) is 8.29. The number of aliphatic hydroxyl groups is 2. The van der Waals surface area contributed by atoms with Gasteiger partial charge in [-0.3, -0.25) is 14.5 Å². The lowest BCUT2D eigenvalue weighted by Crippen LogP contribution is -2.39. The molecule has 1 aliphatic carbocycles. The number of aliphatic hydroxyl groups excluding tert-OH is 2. The molecule has 6 heteroatoms. The van der Waals surface area contributed by atoms with Crippen molar-refractivity contribution >= 4 is 29.2 Å². The van der Waals surface area contributed by atoms with Crippen LogP contribution in [0.1, 0.15) is 43.7 Å². The Morgan fingerprint density at radius 1 is 0.950 bits per heavy atom. The molecule has 0 radical (unpaired) electrons. The second kappa shape index (κ2) is 12.0. The van der Waals surface area contributed by atoms with Crippen LogP contribution in [0.2, 0.25) is 0 Å². The number of benzene rings is 3. The highest BCUT2D eigenvalue weighted by molar-refractivity contribution is 6.22. The lowest BCUT2D eigenvalue weighted by atomic mass is 9.67. The molecule has 0 spiro atoms. The Morgan fingerprint density at radius 3 is 2.23 bits per heavy atom. The van der Waals surface area contributed by atoms with E-state index in [2.05, 4.69) is 0 Å². The summed E-state index contributed by atoms with van der Waals surface area (Å²) in [6, 6.07) is 25.8. The number of hydrogen-bond acceptors (Lipinski definition) is 5. The van der Waals surface area contributed by atoms with Crippen LogP contribution in [-0.4, -0.2) is 39.8 Å². The molecular weight excluding hydrogens is 502 g/mol. The smallest absolute Gasteiger partial charge is 0.238 e. The van der Waals surface area contributed by atoms with E-state index in [1.807, 2.05) is 61.5 Å². The minimum atomic E-state index is -0.867. The second-order valence-electron chi connectivity index (χ2n) is 10.6. The number of nitrogens with zero attached hydrogens (tertiary/aromatic N) is 1. The van der Waals surface area contributed by atoms with Gasteiger partial charge in [-0.25, -0.2) is 0 Å². The van der Waals surface area contributed by atoms with E-state index in [1.54, 1.807) is 36.4 Å². The molecule has 1 fully saturated rings. The summed E-state index contributed by atoms with van der Waals surface area (Å²) in [7, 11) is 0. The fourth-order valence-electron chi connectivity index (χ4n) is 6.30. The number of phenolic OH excluding ortho intramolecular Hbond substituents is 1. The number of hydrogen-bond donors (Lipinski definition) is 3. The third-order valence-corrected chi connectivity index (χ3v) is 8.25. The number of anilines is 1. The zero-order chi connectivity index (χ0) is 28.2. The maximum absolute atomic E-state index is 13.6. The van der Waals surface area contributed by atoms with E-state index in [-0.39, 0.29) is 24.2 Å². The summed E-state index contributed by atoms with van der Waals surface area (Å²) in [6.07, 6.45) is 3.18. The summed E-state index contributed by atoms with van der Waals surface area (Å²) in [5.74, 6) is -2.19. The van der Waals surface area contributed by atoms with Gasteiger partial charge in [0.2, 0.25) is 11.8 Å². The molecule has 3 N–H and O–H groups in total. The van der Waals surface area contributed by atoms with Gasteiger partial charge in [0.15, 0.2) is 0 Å². The Hall–Kier alpha value is -4.00. The van der Waals surface area contributed by atoms with Crippen LogP contribution in [0.25, 0.3) is 11.6 Å². The van der Waals surface area contributed by atoms with Crippen LogP contribution in [0.15, 0.2) is 96.1 Å². The summed E-state index contributed by atoms with van der Waals surface area (Å²) in [6.45, 7) is 1.68. The first kappa shape index (κ1) is 27.6. The highest BCUT2D eigenvalue weighted by atomic mass is 16.3. The Balaban J connectivity index is 1.42. The number of allylic oxidation sites excluding steroid dienone is 2. The standard InChI is InChI=1S/C34H35NO5/c1-2-23-20-28-32(34(40)35(33(28)39)26-11-7-4-8-12-26)29(21-36)31(23)30(38)18-15-25(24-9-5-3-6-10-24)19-22-13-16-27(37)17-14-22/h3-14,16-17,19,28-30,32,36-38H,2,15,18,20-21H2,1H3/b25-19-/t28-,29+,30-,32-/m1/s1. The maximum Gasteiger partial charge on any atom is 0.238 e. The molecule has 2 amide bonds. The van der Waals surface area contributed by atoms with Crippen molar-refractivity contribution in [3.05, 3.63) is 107 Å². The summed E-state index contributed by atoms with van der Waals surface area (Å²) < 4.78 is 0. The zero-order valence-corrected chi connectivity index (χ0v) is 22.6. The second-order valence-corrected chi connectivity index (χ2v) is 10.6. The lowest BCUT2D eigenvalue weighted by molar-refractivity contribution is -0.123. The van der Waals surface area contributed by atoms with Gasteiger partial charge in [-0.1, -0.05) is 79.2 Å². The number of rotatable bonds is 9. The van der Waals surface area contributed by atoms with Crippen molar-refractivity contribution in [2.45, 2.75) is 38.7 Å². The van der Waals surface area contributed by atoms with Crippen LogP contribution in [0.3, 0.4) is 0 Å². The summed E-state index contributed by atoms with van der Waals surface area (Å²) in [5.41, 5.74) is 5.19. The average Bonchev–Trinajstić information content (AvgIpc) is 3.24. The lowest BCUT2D eigenvalue weighted by Gasteiger charge is -2.36. The number of fused-ring (bicyclic) bond motifs is 1. The van der Waals surface area contributed by atoms with Crippen LogP contribution in [0.4, 0.5) is 5.69 Å². The third kappa shape index (κ3) is 5.37. The largest absolute Gasteiger partial charge is 0.508 e. The first-order valence-corrected chi connectivity index (χ1v) is 13.9. The van der Waals surface area contributed by atoms with Crippen LogP contribution < -0.4 is 4.90 Å². The molecule has 0 aromatic heterocycles. The number of aromatic hydroxyl groups is 1. The molecule has 1 saturated heterocycles. The number of carbonyl (C=O) groups is 2. The SMILES string of the molecule is CCC1=C([C@H](O)CC/C(=C/c2ccc(O)cc2)c2ccccc2)[C@H](CO)[C@@H]2C(=O)N(c3ccccc3)C(=O)[C@@H]2C1. The quantitative estimate of drug-likeness (QED) is 0.188. The maximum atomic E-state index is 13.6. The topological polar surface area (TPSA) is 98.1 Å². The molecule has 206 valence electrons. The van der Waals surface area contributed by atoms with Crippen molar-refractivity contribution < 1.29 is 24.9 Å². The molecular formula is C34H35NO5. The van der Waals surface area contributed by atoms with Crippen molar-refractivity contribution in [2.24, 2.45) is 17.8 Å². The summed E-state index contributed by atoms with van der Waals surface area (Å²) in [5, 5.41) is 31.8. The fourth-order valence-corrected chi connectivity index (χ4v) is 6.30. The van der Waals surface area contributed by atoms with Crippen molar-refractivity contribution in [3.8, 4) is 5.75 Å². The molecule has 4 atom stereocenters. The van der Waals surface area contributed by atoms with Gasteiger partial charge in [0.1, 0.15) is 5.75 Å². The van der Waals surface area contributed by atoms with Crippen molar-refractivity contribution in [1.29, 1.82) is 0 Å². The van der Waals surface area contributed by atoms with Gasteiger partial charge >= 0.3 is 0 Å². The van der Waals surface area contributed by atoms with Crippen LogP contribution in [0, 0.1) is 17.8 Å². The van der Waals surface area contributed by atoms with Crippen molar-refractivity contribution in [3.63, 3.8) is 0 Å². The molecule has 6 nitrogen and oxygen atoms in total. The van der Waals surface area contributed by atoms with E-state index >= 15 is 0 Å². The van der Waals surface area contributed by atoms with Gasteiger partial charge in [-0.2, -0.15) is 0 Å². The van der Waals surface area contributed by atoms with Gasteiger partial charge in [-0.05, 0) is 72.2 Å². The van der Waals surface area contributed by atoms with Crippen LogP contribution in [-0.2, 0) is 9.59 Å². The van der Waals surface area contributed by atoms with E-state index < -0.39 is 23.9 Å². The Labute approximate surface area is 234 Å². The van der Waals surface area contributed by atoms with Crippen molar-refractivity contribution in [2.75, 3.05) is 11.5 Å². The van der Waals surface area contributed by atoms with Crippen LogP contribution in [0.5, 0.6) is 5.75 Å². The molecule has 5 rings (SSSR count). The predicted octanol–water partition coefficient (Wildman–Crippen LogP) is 5.60. The first-order chi connectivity index (χ1) is 19.4. The van der Waals surface area contributed by atoms with Gasteiger partial charge < -0.3 is 15.3 Å². The molecule has 1 aliphatic heterocycles. The summed E-state index contributed by atoms with van der Waals surface area (Å²) in [4.78, 5) is 28.3. The first-order valence-electron chi connectivity index (χ1n) is 13.9. The fraction of sp³-hybridized carbons (Fsp3) is 0.294. The highest BCUT2D eigenvalue weighted by Gasteiger charge is 2.55. The Morgan fingerprint density at radius 2 is 1.60 bits per heavy atom. The molecule has 0 saturated carbocycles. The van der Waals surface area contributed by atoms with Gasteiger partial charge in [0.25, 0.3) is 0 Å². The average molecular weight is 538 g/mol. The number of carbonyl (C=O) groups excluding carboxylic acids is 2. The molecule has 1 heterocycles. The molecule has 0 unspecified atom stereocenters. The molecule has 3 aromatic rings.